The number of nitrogens with one attached hydrogen (secondary N) is 1. The van der Waals surface area contributed by atoms with E-state index in [9.17, 15) is 0 Å². The predicted octanol–water partition coefficient (Wildman–Crippen LogP) is 1.22. The number of rotatable bonds is 1. The van der Waals surface area contributed by atoms with Gasteiger partial charge in [0.05, 0.1) is 0 Å². The number of hydrogen-bond acceptors (Lipinski definition) is 2. The molecule has 70 valence electrons. The molecule has 1 atom stereocenters. The highest BCUT2D eigenvalue weighted by atomic mass is 15.3. The summed E-state index contributed by atoms with van der Waals surface area (Å²) >= 11 is 0. The third-order valence-electron chi connectivity index (χ3n) is 3.49. The number of likely N-dealkylation sites (tertiary alicyclic amines) is 1. The summed E-state index contributed by atoms with van der Waals surface area (Å²) in [5.74, 6) is 0. The average molecular weight is 168 g/mol. The van der Waals surface area contributed by atoms with Gasteiger partial charge in [-0.1, -0.05) is 0 Å². The molecule has 0 aromatic heterocycles. The number of nitrogens with zero attached hydrogens (tertiary/aromatic N) is 1. The maximum Gasteiger partial charge on any atom is 0.0349 e. The fraction of sp³-hybridized carbons (Fsp3) is 1.00. The van der Waals surface area contributed by atoms with Crippen LogP contribution in [0.2, 0.25) is 0 Å². The first kappa shape index (κ1) is 8.52. The zero-order valence-electron chi connectivity index (χ0n) is 8.27. The third kappa shape index (κ3) is 1.17. The molecule has 0 aromatic carbocycles. The molecular weight excluding hydrogens is 148 g/mol. The highest BCUT2D eigenvalue weighted by Crippen LogP contribution is 2.35. The molecule has 0 unspecified atom stereocenters. The predicted molar refractivity (Wildman–Crippen MR) is 51.3 cm³/mol. The lowest BCUT2D eigenvalue weighted by Gasteiger charge is -2.37. The molecule has 2 fully saturated rings. The monoisotopic (exact) mass is 168 g/mol. The summed E-state index contributed by atoms with van der Waals surface area (Å²) in [4.78, 5) is 2.70. The van der Waals surface area contributed by atoms with E-state index in [0.29, 0.717) is 5.54 Å². The zero-order chi connectivity index (χ0) is 8.60. The van der Waals surface area contributed by atoms with E-state index in [2.05, 4.69) is 24.1 Å². The summed E-state index contributed by atoms with van der Waals surface area (Å²) in [6.07, 6.45) is 4.18. The van der Waals surface area contributed by atoms with Gasteiger partial charge in [0.15, 0.2) is 0 Å². The fourth-order valence-electron chi connectivity index (χ4n) is 2.95. The van der Waals surface area contributed by atoms with E-state index < -0.39 is 0 Å². The lowest BCUT2D eigenvalue weighted by Crippen LogP contribution is -2.48. The van der Waals surface area contributed by atoms with Crippen LogP contribution in [0.4, 0.5) is 0 Å². The molecule has 2 heterocycles. The van der Waals surface area contributed by atoms with E-state index in [1.165, 1.54) is 38.9 Å². The summed E-state index contributed by atoms with van der Waals surface area (Å²) in [6, 6.07) is 0.729. The van der Waals surface area contributed by atoms with Crippen LogP contribution in [-0.2, 0) is 0 Å². The Morgan fingerprint density at radius 2 is 2.17 bits per heavy atom. The van der Waals surface area contributed by atoms with E-state index in [1.54, 1.807) is 0 Å². The Bertz CT molecular complexity index is 154. The van der Waals surface area contributed by atoms with Crippen molar-refractivity contribution in [3.63, 3.8) is 0 Å². The molecule has 0 saturated carbocycles. The molecular formula is C10H20N2. The molecule has 2 saturated heterocycles. The van der Waals surface area contributed by atoms with Crippen LogP contribution < -0.4 is 5.32 Å². The first-order valence-corrected chi connectivity index (χ1v) is 5.22. The van der Waals surface area contributed by atoms with Gasteiger partial charge in [-0.15, -0.1) is 0 Å². The van der Waals surface area contributed by atoms with E-state index in [0.717, 1.165) is 6.04 Å². The Hall–Kier alpha value is -0.0800. The van der Waals surface area contributed by atoms with Crippen LogP contribution in [0, 0.1) is 0 Å². The minimum absolute atomic E-state index is 0.550. The van der Waals surface area contributed by atoms with E-state index in [4.69, 9.17) is 0 Å². The van der Waals surface area contributed by atoms with Gasteiger partial charge < -0.3 is 5.32 Å². The van der Waals surface area contributed by atoms with Gasteiger partial charge >= 0.3 is 0 Å². The van der Waals surface area contributed by atoms with Crippen molar-refractivity contribution >= 4 is 0 Å². The standard InChI is InChI=1S/C10H20N2/c1-9(2)12-7-3-4-10(12)5-6-11-8-10/h9,11H,3-8H2,1-2H3/t10-/m1/s1. The molecule has 0 radical (unpaired) electrons. The van der Waals surface area contributed by atoms with Crippen LogP contribution in [0.5, 0.6) is 0 Å². The summed E-state index contributed by atoms with van der Waals surface area (Å²) < 4.78 is 0. The molecule has 2 aliphatic rings. The van der Waals surface area contributed by atoms with Crippen molar-refractivity contribution in [3.8, 4) is 0 Å². The van der Waals surface area contributed by atoms with Crippen LogP contribution in [0.3, 0.4) is 0 Å². The smallest absolute Gasteiger partial charge is 0.0349 e. The Morgan fingerprint density at radius 1 is 1.33 bits per heavy atom. The molecule has 0 amide bonds. The van der Waals surface area contributed by atoms with Crippen LogP contribution in [-0.4, -0.2) is 36.1 Å². The van der Waals surface area contributed by atoms with Gasteiger partial charge in [-0.2, -0.15) is 0 Å². The SMILES string of the molecule is CC(C)N1CCC[C@]12CCNC2. The second-order valence-corrected chi connectivity index (χ2v) is 4.54. The van der Waals surface area contributed by atoms with Crippen molar-refractivity contribution in [1.82, 2.24) is 10.2 Å². The second-order valence-electron chi connectivity index (χ2n) is 4.54. The van der Waals surface area contributed by atoms with Crippen LogP contribution >= 0.6 is 0 Å². The summed E-state index contributed by atoms with van der Waals surface area (Å²) in [7, 11) is 0. The normalized spacial score (nSPS) is 37.2. The largest absolute Gasteiger partial charge is 0.315 e. The fourth-order valence-corrected chi connectivity index (χ4v) is 2.95. The summed E-state index contributed by atoms with van der Waals surface area (Å²) in [6.45, 7) is 8.42. The topological polar surface area (TPSA) is 15.3 Å². The quantitative estimate of drug-likeness (QED) is 0.633. The molecule has 1 N–H and O–H groups in total. The van der Waals surface area contributed by atoms with Crippen molar-refractivity contribution in [1.29, 1.82) is 0 Å². The van der Waals surface area contributed by atoms with Crippen molar-refractivity contribution in [2.45, 2.75) is 44.7 Å². The molecule has 0 aromatic rings. The van der Waals surface area contributed by atoms with Crippen LogP contribution in [0.25, 0.3) is 0 Å². The van der Waals surface area contributed by atoms with Crippen molar-refractivity contribution in [2.24, 2.45) is 0 Å². The lowest BCUT2D eigenvalue weighted by atomic mass is 9.94. The van der Waals surface area contributed by atoms with E-state index >= 15 is 0 Å². The highest BCUT2D eigenvalue weighted by molar-refractivity contribution is 5.02. The van der Waals surface area contributed by atoms with Gasteiger partial charge in [-0.05, 0) is 46.2 Å². The minimum atomic E-state index is 0.550. The van der Waals surface area contributed by atoms with Crippen LogP contribution in [0.1, 0.15) is 33.1 Å². The lowest BCUT2D eigenvalue weighted by molar-refractivity contribution is 0.119. The molecule has 2 aliphatic heterocycles. The first-order valence-electron chi connectivity index (χ1n) is 5.22. The highest BCUT2D eigenvalue weighted by Gasteiger charge is 2.43. The van der Waals surface area contributed by atoms with E-state index in [-0.39, 0.29) is 0 Å². The Labute approximate surface area is 75.3 Å². The Balaban J connectivity index is 2.12. The molecule has 0 bridgehead atoms. The second kappa shape index (κ2) is 3.00. The van der Waals surface area contributed by atoms with Crippen molar-refractivity contribution < 1.29 is 0 Å². The maximum atomic E-state index is 3.50. The number of hydrogen-bond donors (Lipinski definition) is 1. The third-order valence-corrected chi connectivity index (χ3v) is 3.49. The molecule has 12 heavy (non-hydrogen) atoms. The van der Waals surface area contributed by atoms with Gasteiger partial charge in [-0.3, -0.25) is 4.90 Å². The molecule has 2 heteroatoms. The zero-order valence-corrected chi connectivity index (χ0v) is 8.27. The minimum Gasteiger partial charge on any atom is -0.315 e. The van der Waals surface area contributed by atoms with Gasteiger partial charge in [-0.25, -0.2) is 0 Å². The van der Waals surface area contributed by atoms with Crippen molar-refractivity contribution in [3.05, 3.63) is 0 Å². The molecule has 0 aliphatic carbocycles. The molecule has 1 spiro atoms. The average Bonchev–Trinajstić information content (AvgIpc) is 2.61. The van der Waals surface area contributed by atoms with E-state index in [1.807, 2.05) is 0 Å². The maximum absolute atomic E-state index is 3.50. The van der Waals surface area contributed by atoms with Crippen LogP contribution in [0.15, 0.2) is 0 Å². The van der Waals surface area contributed by atoms with Crippen molar-refractivity contribution in [2.75, 3.05) is 19.6 Å². The Morgan fingerprint density at radius 3 is 2.75 bits per heavy atom. The molecule has 2 nitrogen and oxygen atoms in total. The molecule has 2 rings (SSSR count). The first-order chi connectivity index (χ1) is 5.75. The van der Waals surface area contributed by atoms with Gasteiger partial charge in [0, 0.05) is 18.1 Å². The van der Waals surface area contributed by atoms with Gasteiger partial charge in [0.25, 0.3) is 0 Å². The summed E-state index contributed by atoms with van der Waals surface area (Å²) in [5, 5.41) is 3.50. The van der Waals surface area contributed by atoms with Gasteiger partial charge in [0.1, 0.15) is 0 Å². The summed E-state index contributed by atoms with van der Waals surface area (Å²) in [5.41, 5.74) is 0.550. The van der Waals surface area contributed by atoms with Gasteiger partial charge in [0.2, 0.25) is 0 Å². The Kier molecular flexibility index (Phi) is 2.13.